The van der Waals surface area contributed by atoms with Gasteiger partial charge in [-0.1, -0.05) is 60.7 Å². The van der Waals surface area contributed by atoms with Crippen molar-refractivity contribution >= 4 is 29.8 Å². The Hall–Kier alpha value is -4.29. The predicted molar refractivity (Wildman–Crippen MR) is 145 cm³/mol. The zero-order valence-corrected chi connectivity index (χ0v) is 22.0. The number of aliphatic hydroxyl groups is 1. The lowest BCUT2D eigenvalue weighted by Gasteiger charge is -2.20. The molecule has 208 valence electrons. The summed E-state index contributed by atoms with van der Waals surface area (Å²) in [7, 11) is 2.62. The van der Waals surface area contributed by atoms with E-state index in [1.165, 1.54) is 14.2 Å². The van der Waals surface area contributed by atoms with Crippen LogP contribution in [0.4, 0.5) is 17.8 Å². The summed E-state index contributed by atoms with van der Waals surface area (Å²) in [6, 6.07) is 17.4. The third-order valence-electron chi connectivity index (χ3n) is 5.54. The Labute approximate surface area is 227 Å². The first-order chi connectivity index (χ1) is 19.0. The number of methoxy groups -OCH3 is 2. The molecule has 12 nitrogen and oxygen atoms in total. The van der Waals surface area contributed by atoms with Gasteiger partial charge in [0.1, 0.15) is 12.1 Å². The number of anilines is 3. The molecular weight excluding hydrogens is 504 g/mol. The van der Waals surface area contributed by atoms with Gasteiger partial charge in [-0.05, 0) is 11.1 Å². The Morgan fingerprint density at radius 2 is 1.21 bits per heavy atom. The number of esters is 2. The van der Waals surface area contributed by atoms with Crippen LogP contribution >= 0.6 is 0 Å². The summed E-state index contributed by atoms with van der Waals surface area (Å²) in [5, 5.41) is 18.0. The van der Waals surface area contributed by atoms with E-state index >= 15 is 0 Å². The standard InChI is InChI=1S/C27H34N6O6/c1-37-23(35)21(17-19-9-5-3-6-10-19)29-26-31-25(28-13-15-39-16-14-34)32-27(33-26)30-22(24(36)38-2)18-20-11-7-4-8-12-20/h3-12,21-22,34H,13-18H2,1-2H3,(H3,28,29,30,31,32,33)/t21-,22-/m0/s1. The van der Waals surface area contributed by atoms with Crippen LogP contribution in [-0.4, -0.2) is 84.7 Å². The molecule has 0 saturated carbocycles. The summed E-state index contributed by atoms with van der Waals surface area (Å²) in [4.78, 5) is 38.4. The maximum Gasteiger partial charge on any atom is 0.328 e. The van der Waals surface area contributed by atoms with Gasteiger partial charge in [-0.2, -0.15) is 15.0 Å². The fraction of sp³-hybridized carbons (Fsp3) is 0.370. The lowest BCUT2D eigenvalue weighted by molar-refractivity contribution is -0.142. The highest BCUT2D eigenvalue weighted by Crippen LogP contribution is 2.16. The number of nitrogens with zero attached hydrogens (tertiary/aromatic N) is 3. The van der Waals surface area contributed by atoms with E-state index in [1.54, 1.807) is 0 Å². The number of aliphatic hydroxyl groups excluding tert-OH is 1. The van der Waals surface area contributed by atoms with Crippen LogP contribution in [0.2, 0.25) is 0 Å². The van der Waals surface area contributed by atoms with Gasteiger partial charge in [-0.25, -0.2) is 9.59 Å². The number of ether oxygens (including phenoxy) is 3. The molecule has 1 aromatic heterocycles. The van der Waals surface area contributed by atoms with E-state index in [0.717, 1.165) is 11.1 Å². The van der Waals surface area contributed by atoms with Crippen LogP contribution in [0.25, 0.3) is 0 Å². The number of aromatic nitrogens is 3. The Morgan fingerprint density at radius 3 is 1.64 bits per heavy atom. The number of benzene rings is 2. The van der Waals surface area contributed by atoms with E-state index < -0.39 is 24.0 Å². The van der Waals surface area contributed by atoms with E-state index in [9.17, 15) is 9.59 Å². The second kappa shape index (κ2) is 15.8. The van der Waals surface area contributed by atoms with E-state index in [0.29, 0.717) is 26.0 Å². The second-order valence-electron chi connectivity index (χ2n) is 8.39. The number of rotatable bonds is 16. The molecule has 0 aliphatic rings. The molecule has 39 heavy (non-hydrogen) atoms. The topological polar surface area (TPSA) is 157 Å². The number of hydrogen-bond acceptors (Lipinski definition) is 12. The van der Waals surface area contributed by atoms with Gasteiger partial charge in [0.15, 0.2) is 0 Å². The minimum Gasteiger partial charge on any atom is -0.467 e. The second-order valence-corrected chi connectivity index (χ2v) is 8.39. The first kappa shape index (κ1) is 29.3. The first-order valence-electron chi connectivity index (χ1n) is 12.5. The van der Waals surface area contributed by atoms with E-state index in [2.05, 4.69) is 30.9 Å². The molecule has 0 saturated heterocycles. The normalized spacial score (nSPS) is 12.2. The van der Waals surface area contributed by atoms with E-state index in [-0.39, 0.29) is 31.1 Å². The van der Waals surface area contributed by atoms with Crippen LogP contribution in [0.5, 0.6) is 0 Å². The highest BCUT2D eigenvalue weighted by Gasteiger charge is 2.24. The molecule has 0 radical (unpaired) electrons. The predicted octanol–water partition coefficient (Wildman–Crippen LogP) is 1.68. The van der Waals surface area contributed by atoms with Crippen LogP contribution in [-0.2, 0) is 36.6 Å². The van der Waals surface area contributed by atoms with Crippen LogP contribution < -0.4 is 16.0 Å². The smallest absolute Gasteiger partial charge is 0.328 e. The lowest BCUT2D eigenvalue weighted by atomic mass is 10.1. The fourth-order valence-corrected chi connectivity index (χ4v) is 3.67. The van der Waals surface area contributed by atoms with Crippen LogP contribution in [0.15, 0.2) is 60.7 Å². The molecule has 1 heterocycles. The van der Waals surface area contributed by atoms with Gasteiger partial charge in [0.05, 0.1) is 34.0 Å². The average Bonchev–Trinajstić information content (AvgIpc) is 2.96. The number of carbonyl (C=O) groups excluding carboxylic acids is 2. The minimum absolute atomic E-state index is 0.0828. The summed E-state index contributed by atoms with van der Waals surface area (Å²) in [6.45, 7) is 0.771. The summed E-state index contributed by atoms with van der Waals surface area (Å²) in [6.07, 6.45) is 0.664. The highest BCUT2D eigenvalue weighted by molar-refractivity contribution is 5.80. The van der Waals surface area contributed by atoms with Crippen molar-refractivity contribution in [3.63, 3.8) is 0 Å². The van der Waals surface area contributed by atoms with Gasteiger partial charge in [0.2, 0.25) is 17.8 Å². The van der Waals surface area contributed by atoms with E-state index in [4.69, 9.17) is 19.3 Å². The molecule has 3 aromatic rings. The van der Waals surface area contributed by atoms with Crippen molar-refractivity contribution in [1.29, 1.82) is 0 Å². The minimum atomic E-state index is -0.783. The third-order valence-corrected chi connectivity index (χ3v) is 5.54. The van der Waals surface area contributed by atoms with Gasteiger partial charge in [0.25, 0.3) is 0 Å². The zero-order valence-electron chi connectivity index (χ0n) is 22.0. The van der Waals surface area contributed by atoms with Crippen molar-refractivity contribution < 1.29 is 28.9 Å². The molecule has 2 aromatic carbocycles. The highest BCUT2D eigenvalue weighted by atomic mass is 16.5. The lowest BCUT2D eigenvalue weighted by Crippen LogP contribution is -2.35. The van der Waals surface area contributed by atoms with Crippen LogP contribution in [0, 0.1) is 0 Å². The average molecular weight is 539 g/mol. The molecule has 3 rings (SSSR count). The Kier molecular flexibility index (Phi) is 11.9. The summed E-state index contributed by atoms with van der Waals surface area (Å²) in [5.41, 5.74) is 1.83. The van der Waals surface area contributed by atoms with Crippen molar-refractivity contribution in [2.45, 2.75) is 24.9 Å². The molecule has 0 aliphatic heterocycles. The monoisotopic (exact) mass is 538 g/mol. The maximum absolute atomic E-state index is 12.6. The first-order valence-corrected chi connectivity index (χ1v) is 12.5. The van der Waals surface area contributed by atoms with Gasteiger partial charge >= 0.3 is 11.9 Å². The molecule has 0 fully saturated rings. The van der Waals surface area contributed by atoms with Crippen molar-refractivity contribution in [2.24, 2.45) is 0 Å². The van der Waals surface area contributed by atoms with Gasteiger partial charge in [0, 0.05) is 19.4 Å². The summed E-state index contributed by atoms with van der Waals surface area (Å²) < 4.78 is 15.3. The maximum atomic E-state index is 12.6. The Balaban J connectivity index is 1.86. The molecule has 0 aliphatic carbocycles. The molecule has 0 bridgehead atoms. The molecule has 4 N–H and O–H groups in total. The number of nitrogens with one attached hydrogen (secondary N) is 3. The molecule has 2 atom stereocenters. The largest absolute Gasteiger partial charge is 0.467 e. The third kappa shape index (κ3) is 9.83. The van der Waals surface area contributed by atoms with Crippen molar-refractivity contribution in [1.82, 2.24) is 15.0 Å². The van der Waals surface area contributed by atoms with Crippen molar-refractivity contribution in [3.05, 3.63) is 71.8 Å². The van der Waals surface area contributed by atoms with Crippen molar-refractivity contribution in [3.8, 4) is 0 Å². The van der Waals surface area contributed by atoms with Gasteiger partial charge in [-0.3, -0.25) is 0 Å². The molecule has 0 unspecified atom stereocenters. The van der Waals surface area contributed by atoms with E-state index in [1.807, 2.05) is 60.7 Å². The van der Waals surface area contributed by atoms with Gasteiger partial charge in [-0.15, -0.1) is 0 Å². The summed E-state index contributed by atoms with van der Waals surface area (Å²) >= 11 is 0. The Bertz CT molecular complexity index is 1090. The molecule has 0 amide bonds. The quantitative estimate of drug-likeness (QED) is 0.155. The molecular formula is C27H34N6O6. The number of hydrogen-bond donors (Lipinski definition) is 4. The van der Waals surface area contributed by atoms with Crippen molar-refractivity contribution in [2.75, 3.05) is 56.5 Å². The van der Waals surface area contributed by atoms with Crippen LogP contribution in [0.1, 0.15) is 11.1 Å². The fourth-order valence-electron chi connectivity index (χ4n) is 3.67. The van der Waals surface area contributed by atoms with Crippen LogP contribution in [0.3, 0.4) is 0 Å². The zero-order chi connectivity index (χ0) is 27.9. The summed E-state index contributed by atoms with van der Waals surface area (Å²) in [5.74, 6) is -0.592. The van der Waals surface area contributed by atoms with Gasteiger partial charge < -0.3 is 35.3 Å². The molecule has 0 spiro atoms. The SMILES string of the molecule is COC(=O)[C@H](Cc1ccccc1)Nc1nc(NCCOCCO)nc(N[C@@H](Cc2ccccc2)C(=O)OC)n1. The Morgan fingerprint density at radius 1 is 0.744 bits per heavy atom. The molecule has 12 heteroatoms. The number of carbonyl (C=O) groups is 2.